The second-order valence-corrected chi connectivity index (χ2v) is 8.84. The monoisotopic (exact) mass is 502 g/mol. The predicted octanol–water partition coefficient (Wildman–Crippen LogP) is 4.28. The molecule has 2 amide bonds. The lowest BCUT2D eigenvalue weighted by molar-refractivity contribution is -0.117. The number of benzene rings is 3. The first-order chi connectivity index (χ1) is 17.8. The molecule has 0 aliphatic carbocycles. The highest BCUT2D eigenvalue weighted by Gasteiger charge is 2.15. The topological polar surface area (TPSA) is 96.9 Å². The number of carbonyl (C=O) groups is 2. The molecule has 0 aliphatic rings. The first-order valence-electron chi connectivity index (χ1n) is 12.3. The van der Waals surface area contributed by atoms with E-state index < -0.39 is 11.8 Å². The maximum Gasteiger partial charge on any atom is 0.267 e. The highest BCUT2D eigenvalue weighted by Crippen LogP contribution is 2.17. The van der Waals surface area contributed by atoms with Gasteiger partial charge >= 0.3 is 0 Å². The Morgan fingerprint density at radius 1 is 0.919 bits per heavy atom. The van der Waals surface area contributed by atoms with Crippen LogP contribution in [-0.4, -0.2) is 42.8 Å². The van der Waals surface area contributed by atoms with E-state index in [2.05, 4.69) is 41.8 Å². The zero-order chi connectivity index (χ0) is 26.6. The SMILES string of the molecule is Cc1ccc(CCOc2ccc(C(=O)NC(=Cc3ccc(OC(C)C)cc3)C(=O)NCCO)cc2)cc1. The summed E-state index contributed by atoms with van der Waals surface area (Å²) in [7, 11) is 0. The van der Waals surface area contributed by atoms with Crippen LogP contribution in [0.25, 0.3) is 6.08 Å². The zero-order valence-corrected chi connectivity index (χ0v) is 21.5. The van der Waals surface area contributed by atoms with Crippen LogP contribution in [0.1, 0.15) is 40.9 Å². The Morgan fingerprint density at radius 3 is 2.19 bits per heavy atom. The molecule has 3 aromatic carbocycles. The Labute approximate surface area is 218 Å². The summed E-state index contributed by atoms with van der Waals surface area (Å²) in [6.45, 7) is 6.32. The number of aryl methyl sites for hydroxylation is 1. The number of rotatable bonds is 12. The summed E-state index contributed by atoms with van der Waals surface area (Å²) in [5, 5.41) is 14.3. The van der Waals surface area contributed by atoms with Gasteiger partial charge in [-0.05, 0) is 74.4 Å². The van der Waals surface area contributed by atoms with Gasteiger partial charge < -0.3 is 25.2 Å². The Kier molecular flexibility index (Phi) is 10.3. The molecule has 0 aromatic heterocycles. The van der Waals surface area contributed by atoms with Gasteiger partial charge in [-0.3, -0.25) is 9.59 Å². The maximum atomic E-state index is 12.9. The number of hydrogen-bond donors (Lipinski definition) is 3. The third-order valence-corrected chi connectivity index (χ3v) is 5.35. The first-order valence-corrected chi connectivity index (χ1v) is 12.3. The molecule has 194 valence electrons. The van der Waals surface area contributed by atoms with Gasteiger partial charge in [0.05, 0.1) is 19.3 Å². The van der Waals surface area contributed by atoms with Gasteiger partial charge in [-0.25, -0.2) is 0 Å². The van der Waals surface area contributed by atoms with E-state index in [1.807, 2.05) is 13.8 Å². The molecule has 0 atom stereocenters. The minimum atomic E-state index is -0.499. The highest BCUT2D eigenvalue weighted by atomic mass is 16.5. The van der Waals surface area contributed by atoms with Crippen molar-refractivity contribution < 1.29 is 24.2 Å². The largest absolute Gasteiger partial charge is 0.493 e. The van der Waals surface area contributed by atoms with E-state index >= 15 is 0 Å². The molecule has 0 fully saturated rings. The predicted molar refractivity (Wildman–Crippen MR) is 145 cm³/mol. The fraction of sp³-hybridized carbons (Fsp3) is 0.267. The summed E-state index contributed by atoms with van der Waals surface area (Å²) >= 11 is 0. The Balaban J connectivity index is 1.64. The molecular weight excluding hydrogens is 468 g/mol. The van der Waals surface area contributed by atoms with Gasteiger partial charge in [0.25, 0.3) is 11.8 Å². The molecule has 7 heteroatoms. The van der Waals surface area contributed by atoms with Crippen LogP contribution in [0.15, 0.2) is 78.5 Å². The average molecular weight is 503 g/mol. The minimum Gasteiger partial charge on any atom is -0.493 e. The molecule has 3 aromatic rings. The standard InChI is InChI=1S/C30H34N2O5/c1-21(2)37-27-12-8-24(9-13-27)20-28(30(35)31-17-18-33)32-29(34)25-10-14-26(15-11-25)36-19-16-23-6-4-22(3)5-7-23/h4-15,20-21,33H,16-19H2,1-3H3,(H,31,35)(H,32,34). The maximum absolute atomic E-state index is 12.9. The van der Waals surface area contributed by atoms with Gasteiger partial charge in [0.2, 0.25) is 0 Å². The minimum absolute atomic E-state index is 0.0467. The Hall–Kier alpha value is -4.10. The van der Waals surface area contributed by atoms with Crippen molar-refractivity contribution in [2.24, 2.45) is 0 Å². The van der Waals surface area contributed by atoms with E-state index in [-0.39, 0.29) is 25.0 Å². The average Bonchev–Trinajstić information content (AvgIpc) is 2.89. The number of ether oxygens (including phenoxy) is 2. The molecule has 3 N–H and O–H groups in total. The molecule has 0 heterocycles. The summed E-state index contributed by atoms with van der Waals surface area (Å²) in [5.41, 5.74) is 3.57. The van der Waals surface area contributed by atoms with Crippen molar-refractivity contribution in [3.8, 4) is 11.5 Å². The molecule has 7 nitrogen and oxygen atoms in total. The lowest BCUT2D eigenvalue weighted by Crippen LogP contribution is -2.36. The number of aliphatic hydroxyl groups is 1. The van der Waals surface area contributed by atoms with Crippen LogP contribution < -0.4 is 20.1 Å². The second kappa shape index (κ2) is 13.8. The van der Waals surface area contributed by atoms with E-state index in [4.69, 9.17) is 14.6 Å². The van der Waals surface area contributed by atoms with E-state index in [1.54, 1.807) is 54.6 Å². The lowest BCUT2D eigenvalue weighted by Gasteiger charge is -2.12. The summed E-state index contributed by atoms with van der Waals surface area (Å²) in [4.78, 5) is 25.5. The number of amides is 2. The van der Waals surface area contributed by atoms with Gasteiger partial charge in [0, 0.05) is 18.5 Å². The molecule has 0 bridgehead atoms. The summed E-state index contributed by atoms with van der Waals surface area (Å²) in [5.74, 6) is 0.435. The van der Waals surface area contributed by atoms with Gasteiger partial charge in [-0.2, -0.15) is 0 Å². The lowest BCUT2D eigenvalue weighted by atomic mass is 10.1. The molecule has 0 unspecified atom stereocenters. The fourth-order valence-electron chi connectivity index (χ4n) is 3.44. The van der Waals surface area contributed by atoms with Crippen molar-refractivity contribution in [2.45, 2.75) is 33.3 Å². The third-order valence-electron chi connectivity index (χ3n) is 5.35. The quantitative estimate of drug-likeness (QED) is 0.321. The van der Waals surface area contributed by atoms with Crippen LogP contribution in [0.4, 0.5) is 0 Å². The van der Waals surface area contributed by atoms with Crippen molar-refractivity contribution in [1.29, 1.82) is 0 Å². The molecule has 0 saturated heterocycles. The van der Waals surface area contributed by atoms with Gasteiger partial charge in [0.15, 0.2) is 0 Å². The molecule has 0 aliphatic heterocycles. The number of hydrogen-bond acceptors (Lipinski definition) is 5. The van der Waals surface area contributed by atoms with Crippen LogP contribution in [0, 0.1) is 6.92 Å². The normalized spacial score (nSPS) is 11.2. The van der Waals surface area contributed by atoms with Crippen LogP contribution in [-0.2, 0) is 11.2 Å². The van der Waals surface area contributed by atoms with E-state index in [1.165, 1.54) is 11.1 Å². The summed E-state index contributed by atoms with van der Waals surface area (Å²) < 4.78 is 11.5. The molecular formula is C30H34N2O5. The second-order valence-electron chi connectivity index (χ2n) is 8.84. The van der Waals surface area contributed by atoms with Crippen LogP contribution >= 0.6 is 0 Å². The molecule has 0 saturated carbocycles. The Bertz CT molecular complexity index is 1180. The zero-order valence-electron chi connectivity index (χ0n) is 21.5. The van der Waals surface area contributed by atoms with Gasteiger partial charge in [-0.1, -0.05) is 42.0 Å². The molecule has 37 heavy (non-hydrogen) atoms. The van der Waals surface area contributed by atoms with E-state index in [9.17, 15) is 9.59 Å². The van der Waals surface area contributed by atoms with Gasteiger partial charge in [-0.15, -0.1) is 0 Å². The van der Waals surface area contributed by atoms with Crippen molar-refractivity contribution >= 4 is 17.9 Å². The Morgan fingerprint density at radius 2 is 1.57 bits per heavy atom. The summed E-state index contributed by atoms with van der Waals surface area (Å²) in [6.07, 6.45) is 2.40. The van der Waals surface area contributed by atoms with Crippen molar-refractivity contribution in [3.05, 3.63) is 101 Å². The van der Waals surface area contributed by atoms with Crippen LogP contribution in [0.2, 0.25) is 0 Å². The van der Waals surface area contributed by atoms with Crippen molar-refractivity contribution in [3.63, 3.8) is 0 Å². The van der Waals surface area contributed by atoms with E-state index in [0.717, 1.165) is 6.42 Å². The molecule has 0 spiro atoms. The van der Waals surface area contributed by atoms with E-state index in [0.29, 0.717) is 29.2 Å². The molecule has 3 rings (SSSR count). The first kappa shape index (κ1) is 27.5. The number of nitrogens with one attached hydrogen (secondary N) is 2. The number of aliphatic hydroxyl groups excluding tert-OH is 1. The molecule has 0 radical (unpaired) electrons. The summed E-state index contributed by atoms with van der Waals surface area (Å²) in [6, 6.07) is 22.3. The van der Waals surface area contributed by atoms with Crippen molar-refractivity contribution in [1.82, 2.24) is 10.6 Å². The fourth-order valence-corrected chi connectivity index (χ4v) is 3.44. The van der Waals surface area contributed by atoms with Crippen molar-refractivity contribution in [2.75, 3.05) is 19.8 Å². The van der Waals surface area contributed by atoms with Crippen LogP contribution in [0.3, 0.4) is 0 Å². The third kappa shape index (κ3) is 9.13. The smallest absolute Gasteiger partial charge is 0.267 e. The van der Waals surface area contributed by atoms with Gasteiger partial charge in [0.1, 0.15) is 17.2 Å². The van der Waals surface area contributed by atoms with Crippen LogP contribution in [0.5, 0.6) is 11.5 Å². The number of carbonyl (C=O) groups excluding carboxylic acids is 2. The highest BCUT2D eigenvalue weighted by molar-refractivity contribution is 6.05.